The average Bonchev–Trinajstić information content (AvgIpc) is 2.57. The predicted octanol–water partition coefficient (Wildman–Crippen LogP) is 1.30. The largest absolute Gasteiger partial charge is 0.314 e. The van der Waals surface area contributed by atoms with Crippen molar-refractivity contribution < 1.29 is 0 Å². The van der Waals surface area contributed by atoms with Crippen LogP contribution in [0.5, 0.6) is 0 Å². The lowest BCUT2D eigenvalue weighted by atomic mass is 10.3. The Bertz CT molecular complexity index is 301. The van der Waals surface area contributed by atoms with Crippen LogP contribution in [-0.2, 0) is 13.5 Å². The highest BCUT2D eigenvalue weighted by atomic mass is 15.3. The first kappa shape index (κ1) is 11.9. The van der Waals surface area contributed by atoms with E-state index in [4.69, 9.17) is 0 Å². The van der Waals surface area contributed by atoms with Crippen LogP contribution in [0.1, 0.15) is 26.1 Å². The summed E-state index contributed by atoms with van der Waals surface area (Å²) in [5.74, 6) is 1.00. The molecule has 1 N–H and O–H groups in total. The third-order valence-corrected chi connectivity index (χ3v) is 2.14. The summed E-state index contributed by atoms with van der Waals surface area (Å²) in [6, 6.07) is 0.567. The second-order valence-corrected chi connectivity index (χ2v) is 3.87. The molecule has 4 nitrogen and oxygen atoms in total. The molecule has 0 amide bonds. The Hall–Kier alpha value is -1.16. The van der Waals surface area contributed by atoms with Crippen LogP contribution in [0.2, 0.25) is 0 Å². The number of aryl methyl sites for hydroxylation is 1. The molecule has 15 heavy (non-hydrogen) atoms. The molecule has 0 saturated heterocycles. The number of aromatic nitrogens is 3. The van der Waals surface area contributed by atoms with Crippen molar-refractivity contribution in [3.63, 3.8) is 0 Å². The molecular weight excluding hydrogens is 188 g/mol. The molecule has 1 aromatic rings. The van der Waals surface area contributed by atoms with Gasteiger partial charge in [-0.2, -0.15) is 5.10 Å². The number of nitrogens with one attached hydrogen (secondary N) is 1. The molecule has 0 aliphatic rings. The van der Waals surface area contributed by atoms with Crippen molar-refractivity contribution in [3.05, 3.63) is 24.3 Å². The third kappa shape index (κ3) is 4.74. The summed E-state index contributed by atoms with van der Waals surface area (Å²) >= 11 is 0. The highest BCUT2D eigenvalue weighted by Crippen LogP contribution is 1.94. The first-order valence-electron chi connectivity index (χ1n) is 5.41. The fourth-order valence-corrected chi connectivity index (χ4v) is 1.27. The van der Waals surface area contributed by atoms with Gasteiger partial charge in [0.2, 0.25) is 0 Å². The molecule has 4 heteroatoms. The lowest BCUT2D eigenvalue weighted by molar-refractivity contribution is 0.594. The van der Waals surface area contributed by atoms with E-state index in [1.165, 1.54) is 0 Å². The van der Waals surface area contributed by atoms with Gasteiger partial charge in [0.15, 0.2) is 0 Å². The Labute approximate surface area is 91.4 Å². The van der Waals surface area contributed by atoms with E-state index >= 15 is 0 Å². The summed E-state index contributed by atoms with van der Waals surface area (Å²) in [5.41, 5.74) is 0. The molecule has 0 aliphatic carbocycles. The van der Waals surface area contributed by atoms with Crippen molar-refractivity contribution in [2.75, 3.05) is 6.54 Å². The van der Waals surface area contributed by atoms with Gasteiger partial charge in [-0.15, -0.1) is 0 Å². The molecule has 1 heterocycles. The summed E-state index contributed by atoms with van der Waals surface area (Å²) < 4.78 is 1.80. The van der Waals surface area contributed by atoms with Crippen molar-refractivity contribution in [3.8, 4) is 0 Å². The van der Waals surface area contributed by atoms with Crippen LogP contribution in [0.15, 0.2) is 18.5 Å². The molecule has 0 atom stereocenters. The van der Waals surface area contributed by atoms with Crippen molar-refractivity contribution in [1.82, 2.24) is 20.1 Å². The lowest BCUT2D eigenvalue weighted by Gasteiger charge is -2.04. The van der Waals surface area contributed by atoms with E-state index in [0.717, 1.165) is 25.2 Å². The van der Waals surface area contributed by atoms with Gasteiger partial charge >= 0.3 is 0 Å². The molecule has 84 valence electrons. The van der Waals surface area contributed by atoms with Gasteiger partial charge in [-0.1, -0.05) is 26.0 Å². The van der Waals surface area contributed by atoms with Gasteiger partial charge in [0.25, 0.3) is 0 Å². The van der Waals surface area contributed by atoms with E-state index in [1.54, 1.807) is 11.0 Å². The lowest BCUT2D eigenvalue weighted by Crippen LogP contribution is -2.23. The SMILES string of the molecule is CC(C)NCCC=CCc1ncnn1C. The van der Waals surface area contributed by atoms with Gasteiger partial charge < -0.3 is 5.32 Å². The van der Waals surface area contributed by atoms with Crippen molar-refractivity contribution in [1.29, 1.82) is 0 Å². The molecule has 1 rings (SSSR count). The van der Waals surface area contributed by atoms with E-state index < -0.39 is 0 Å². The maximum absolute atomic E-state index is 4.15. The summed E-state index contributed by atoms with van der Waals surface area (Å²) in [4.78, 5) is 4.15. The smallest absolute Gasteiger partial charge is 0.138 e. The monoisotopic (exact) mass is 208 g/mol. The summed E-state index contributed by atoms with van der Waals surface area (Å²) in [7, 11) is 1.91. The quantitative estimate of drug-likeness (QED) is 0.566. The third-order valence-electron chi connectivity index (χ3n) is 2.14. The van der Waals surface area contributed by atoms with Gasteiger partial charge in [-0.3, -0.25) is 4.68 Å². The molecule has 0 radical (unpaired) electrons. The molecule has 1 aromatic heterocycles. The Morgan fingerprint density at radius 2 is 2.27 bits per heavy atom. The second kappa shape index (κ2) is 6.35. The Morgan fingerprint density at radius 1 is 1.47 bits per heavy atom. The van der Waals surface area contributed by atoms with Crippen LogP contribution in [-0.4, -0.2) is 27.4 Å². The highest BCUT2D eigenvalue weighted by Gasteiger charge is 1.95. The first-order valence-corrected chi connectivity index (χ1v) is 5.41. The Kier molecular flexibility index (Phi) is 5.04. The number of hydrogen-bond acceptors (Lipinski definition) is 3. The fourth-order valence-electron chi connectivity index (χ4n) is 1.27. The van der Waals surface area contributed by atoms with Gasteiger partial charge in [-0.05, 0) is 13.0 Å². The number of rotatable bonds is 6. The van der Waals surface area contributed by atoms with E-state index in [-0.39, 0.29) is 0 Å². The highest BCUT2D eigenvalue weighted by molar-refractivity contribution is 4.95. The molecule has 0 unspecified atom stereocenters. The zero-order chi connectivity index (χ0) is 11.1. The van der Waals surface area contributed by atoms with Crippen molar-refractivity contribution in [2.24, 2.45) is 7.05 Å². The molecule has 0 saturated carbocycles. The number of hydrogen-bond donors (Lipinski definition) is 1. The van der Waals surface area contributed by atoms with Gasteiger partial charge in [0.1, 0.15) is 12.2 Å². The van der Waals surface area contributed by atoms with E-state index in [0.29, 0.717) is 6.04 Å². The number of allylic oxidation sites excluding steroid dienone is 1. The normalized spacial score (nSPS) is 11.7. The molecule has 0 bridgehead atoms. The number of nitrogens with zero attached hydrogens (tertiary/aromatic N) is 3. The molecule has 0 spiro atoms. The van der Waals surface area contributed by atoms with E-state index in [2.05, 4.69) is 41.4 Å². The second-order valence-electron chi connectivity index (χ2n) is 3.87. The van der Waals surface area contributed by atoms with Crippen LogP contribution in [0, 0.1) is 0 Å². The zero-order valence-electron chi connectivity index (χ0n) is 9.77. The minimum atomic E-state index is 0.567. The van der Waals surface area contributed by atoms with Crippen LogP contribution >= 0.6 is 0 Å². The van der Waals surface area contributed by atoms with Crippen LogP contribution in [0.3, 0.4) is 0 Å². The molecule has 0 fully saturated rings. The van der Waals surface area contributed by atoms with Gasteiger partial charge in [0, 0.05) is 19.5 Å². The maximum atomic E-state index is 4.15. The van der Waals surface area contributed by atoms with Crippen LogP contribution in [0.4, 0.5) is 0 Å². The molecular formula is C11H20N4. The van der Waals surface area contributed by atoms with Crippen LogP contribution in [0.25, 0.3) is 0 Å². The van der Waals surface area contributed by atoms with Gasteiger partial charge in [0.05, 0.1) is 0 Å². The average molecular weight is 208 g/mol. The Balaban J connectivity index is 2.15. The molecule has 0 aromatic carbocycles. The summed E-state index contributed by atoms with van der Waals surface area (Å²) in [5, 5.41) is 7.38. The van der Waals surface area contributed by atoms with Crippen molar-refractivity contribution in [2.45, 2.75) is 32.7 Å². The summed E-state index contributed by atoms with van der Waals surface area (Å²) in [6.07, 6.45) is 7.84. The Morgan fingerprint density at radius 3 is 2.87 bits per heavy atom. The van der Waals surface area contributed by atoms with Crippen LogP contribution < -0.4 is 5.32 Å². The van der Waals surface area contributed by atoms with Crippen molar-refractivity contribution >= 4 is 0 Å². The zero-order valence-corrected chi connectivity index (χ0v) is 9.77. The van der Waals surface area contributed by atoms with E-state index in [1.807, 2.05) is 7.05 Å². The maximum Gasteiger partial charge on any atom is 0.138 e. The first-order chi connectivity index (χ1) is 7.20. The topological polar surface area (TPSA) is 42.7 Å². The van der Waals surface area contributed by atoms with E-state index in [9.17, 15) is 0 Å². The summed E-state index contributed by atoms with van der Waals surface area (Å²) in [6.45, 7) is 5.35. The predicted molar refractivity (Wildman–Crippen MR) is 61.6 cm³/mol. The fraction of sp³-hybridized carbons (Fsp3) is 0.636. The minimum absolute atomic E-state index is 0.567. The minimum Gasteiger partial charge on any atom is -0.314 e. The van der Waals surface area contributed by atoms with Gasteiger partial charge in [-0.25, -0.2) is 4.98 Å². The molecule has 0 aliphatic heterocycles. The standard InChI is InChI=1S/C11H20N4/c1-10(2)12-8-6-4-5-7-11-13-9-14-15(11)3/h4-5,9-10,12H,6-8H2,1-3H3.